The lowest BCUT2D eigenvalue weighted by molar-refractivity contribution is 0.102. The average molecular weight is 477 g/mol. The van der Waals surface area contributed by atoms with Gasteiger partial charge >= 0.3 is 0 Å². The van der Waals surface area contributed by atoms with Crippen LogP contribution in [0.5, 0.6) is 5.75 Å². The van der Waals surface area contributed by atoms with Crippen LogP contribution in [-0.4, -0.2) is 51.7 Å². The first-order valence-electron chi connectivity index (χ1n) is 11.0. The molecule has 0 spiro atoms. The standard InChI is InChI=1S/C26H28N4O3S/c1-18-16-23(19(2)29(18)14-15-32-3)24(31)17-34-26-28-27-25(20-8-6-5-7-9-20)30(26)21-10-12-22(33-4)13-11-21/h5-13,16H,14-15,17H2,1-4H3. The van der Waals surface area contributed by atoms with Crippen LogP contribution in [-0.2, 0) is 11.3 Å². The van der Waals surface area contributed by atoms with Gasteiger partial charge in [-0.1, -0.05) is 42.1 Å². The summed E-state index contributed by atoms with van der Waals surface area (Å²) in [5.41, 5.74) is 4.60. The van der Waals surface area contributed by atoms with Crippen molar-refractivity contribution in [2.45, 2.75) is 25.5 Å². The summed E-state index contributed by atoms with van der Waals surface area (Å²) in [5.74, 6) is 1.81. The summed E-state index contributed by atoms with van der Waals surface area (Å²) in [6.45, 7) is 5.32. The van der Waals surface area contributed by atoms with Crippen LogP contribution in [0, 0.1) is 13.8 Å². The highest BCUT2D eigenvalue weighted by Gasteiger charge is 2.20. The Labute approximate surface area is 203 Å². The summed E-state index contributed by atoms with van der Waals surface area (Å²) in [4.78, 5) is 13.1. The molecule has 2 heterocycles. The van der Waals surface area contributed by atoms with Crippen molar-refractivity contribution in [3.8, 4) is 22.8 Å². The fourth-order valence-electron chi connectivity index (χ4n) is 3.92. The van der Waals surface area contributed by atoms with E-state index in [1.807, 2.05) is 79.1 Å². The molecule has 0 bridgehead atoms. The molecular weight excluding hydrogens is 448 g/mol. The highest BCUT2D eigenvalue weighted by molar-refractivity contribution is 7.99. The van der Waals surface area contributed by atoms with Gasteiger partial charge in [-0.05, 0) is 44.2 Å². The second-order valence-corrected chi connectivity index (χ2v) is 8.79. The van der Waals surface area contributed by atoms with Crippen LogP contribution in [0.25, 0.3) is 17.1 Å². The first-order chi connectivity index (χ1) is 16.5. The van der Waals surface area contributed by atoms with Gasteiger partial charge in [-0.15, -0.1) is 10.2 Å². The maximum atomic E-state index is 13.1. The van der Waals surface area contributed by atoms with E-state index in [0.717, 1.165) is 46.3 Å². The zero-order chi connectivity index (χ0) is 24.1. The minimum Gasteiger partial charge on any atom is -0.497 e. The number of ether oxygens (including phenoxy) is 2. The normalized spacial score (nSPS) is 11.1. The molecule has 0 atom stereocenters. The molecule has 0 fully saturated rings. The molecule has 0 N–H and O–H groups in total. The molecule has 7 nitrogen and oxygen atoms in total. The Bertz CT molecular complexity index is 1260. The van der Waals surface area contributed by atoms with Crippen molar-refractivity contribution < 1.29 is 14.3 Å². The Kier molecular flexibility index (Phi) is 7.49. The minimum atomic E-state index is 0.0623. The van der Waals surface area contributed by atoms with Gasteiger partial charge in [0, 0.05) is 41.9 Å². The Morgan fingerprint density at radius 3 is 2.41 bits per heavy atom. The van der Waals surface area contributed by atoms with Crippen LogP contribution in [0.15, 0.2) is 65.8 Å². The molecule has 176 valence electrons. The number of hydrogen-bond donors (Lipinski definition) is 0. The molecule has 0 aliphatic carbocycles. The van der Waals surface area contributed by atoms with Crippen LogP contribution in [0.4, 0.5) is 0 Å². The zero-order valence-electron chi connectivity index (χ0n) is 19.8. The number of aromatic nitrogens is 4. The number of aryl methyl sites for hydroxylation is 1. The predicted molar refractivity (Wildman–Crippen MR) is 134 cm³/mol. The Hall–Kier alpha value is -3.36. The van der Waals surface area contributed by atoms with Gasteiger partial charge in [0.05, 0.1) is 19.5 Å². The number of carbonyl (C=O) groups excluding carboxylic acids is 1. The lowest BCUT2D eigenvalue weighted by Crippen LogP contribution is -2.10. The number of ketones is 1. The number of rotatable bonds is 10. The molecule has 0 aliphatic rings. The van der Waals surface area contributed by atoms with E-state index in [-0.39, 0.29) is 11.5 Å². The van der Waals surface area contributed by atoms with Crippen molar-refractivity contribution in [3.63, 3.8) is 0 Å². The lowest BCUT2D eigenvalue weighted by Gasteiger charge is -2.11. The molecule has 0 amide bonds. The third-order valence-electron chi connectivity index (χ3n) is 5.72. The van der Waals surface area contributed by atoms with E-state index in [4.69, 9.17) is 9.47 Å². The molecule has 0 saturated heterocycles. The van der Waals surface area contributed by atoms with Crippen molar-refractivity contribution >= 4 is 17.5 Å². The van der Waals surface area contributed by atoms with Gasteiger partial charge in [0.15, 0.2) is 16.8 Å². The van der Waals surface area contributed by atoms with Gasteiger partial charge in [-0.3, -0.25) is 9.36 Å². The Morgan fingerprint density at radius 2 is 1.74 bits per heavy atom. The summed E-state index contributed by atoms with van der Waals surface area (Å²) in [6, 6.07) is 19.6. The number of thioether (sulfide) groups is 1. The van der Waals surface area contributed by atoms with Gasteiger partial charge < -0.3 is 14.0 Å². The zero-order valence-corrected chi connectivity index (χ0v) is 20.6. The fourth-order valence-corrected chi connectivity index (χ4v) is 4.75. The van der Waals surface area contributed by atoms with Crippen LogP contribution in [0.3, 0.4) is 0 Å². The Morgan fingerprint density at radius 1 is 1.00 bits per heavy atom. The number of hydrogen-bond acceptors (Lipinski definition) is 6. The SMILES string of the molecule is COCCn1c(C)cc(C(=O)CSc2nnc(-c3ccccc3)n2-c2ccc(OC)cc2)c1C. The van der Waals surface area contributed by atoms with E-state index in [1.165, 1.54) is 11.8 Å². The quantitative estimate of drug-likeness (QED) is 0.237. The van der Waals surface area contributed by atoms with Gasteiger partial charge in [-0.2, -0.15) is 0 Å². The third kappa shape index (κ3) is 4.93. The maximum absolute atomic E-state index is 13.1. The molecular formula is C26H28N4O3S. The second-order valence-electron chi connectivity index (χ2n) is 7.85. The van der Waals surface area contributed by atoms with Crippen molar-refractivity contribution in [1.82, 2.24) is 19.3 Å². The van der Waals surface area contributed by atoms with Crippen LogP contribution in [0.1, 0.15) is 21.7 Å². The van der Waals surface area contributed by atoms with E-state index in [2.05, 4.69) is 14.8 Å². The number of methoxy groups -OCH3 is 2. The van der Waals surface area contributed by atoms with E-state index in [0.29, 0.717) is 11.8 Å². The fraction of sp³-hybridized carbons (Fsp3) is 0.269. The largest absolute Gasteiger partial charge is 0.497 e. The summed E-state index contributed by atoms with van der Waals surface area (Å²) in [7, 11) is 3.32. The first-order valence-corrected chi connectivity index (χ1v) is 12.0. The number of benzene rings is 2. The molecule has 0 saturated carbocycles. The van der Waals surface area contributed by atoms with E-state index in [9.17, 15) is 4.79 Å². The summed E-state index contributed by atoms with van der Waals surface area (Å²) >= 11 is 1.39. The smallest absolute Gasteiger partial charge is 0.196 e. The van der Waals surface area contributed by atoms with Gasteiger partial charge in [0.1, 0.15) is 5.75 Å². The van der Waals surface area contributed by atoms with Crippen LogP contribution < -0.4 is 4.74 Å². The molecule has 0 unspecified atom stereocenters. The molecule has 34 heavy (non-hydrogen) atoms. The first kappa shape index (κ1) is 23.8. The number of carbonyl (C=O) groups is 1. The van der Waals surface area contributed by atoms with Crippen molar-refractivity contribution in [3.05, 3.63) is 77.6 Å². The van der Waals surface area contributed by atoms with Crippen molar-refractivity contribution in [1.29, 1.82) is 0 Å². The van der Waals surface area contributed by atoms with E-state index < -0.39 is 0 Å². The summed E-state index contributed by atoms with van der Waals surface area (Å²) in [6.07, 6.45) is 0. The molecule has 4 rings (SSSR count). The van der Waals surface area contributed by atoms with Gasteiger partial charge in [0.2, 0.25) is 0 Å². The minimum absolute atomic E-state index is 0.0623. The number of Topliss-reactive ketones (excluding diaryl/α,β-unsaturated/α-hetero) is 1. The molecule has 0 aliphatic heterocycles. The third-order valence-corrected chi connectivity index (χ3v) is 6.65. The van der Waals surface area contributed by atoms with E-state index in [1.54, 1.807) is 14.2 Å². The molecule has 0 radical (unpaired) electrons. The highest BCUT2D eigenvalue weighted by atomic mass is 32.2. The Balaban J connectivity index is 1.62. The predicted octanol–water partition coefficient (Wildman–Crippen LogP) is 4.98. The maximum Gasteiger partial charge on any atom is 0.196 e. The molecule has 8 heteroatoms. The average Bonchev–Trinajstić information content (AvgIpc) is 3.42. The van der Waals surface area contributed by atoms with Gasteiger partial charge in [-0.25, -0.2) is 0 Å². The van der Waals surface area contributed by atoms with E-state index >= 15 is 0 Å². The van der Waals surface area contributed by atoms with Gasteiger partial charge in [0.25, 0.3) is 0 Å². The molecule has 4 aromatic rings. The molecule has 2 aromatic heterocycles. The lowest BCUT2D eigenvalue weighted by atomic mass is 10.2. The topological polar surface area (TPSA) is 71.2 Å². The monoisotopic (exact) mass is 476 g/mol. The van der Waals surface area contributed by atoms with Crippen molar-refractivity contribution in [2.75, 3.05) is 26.6 Å². The van der Waals surface area contributed by atoms with Crippen LogP contribution in [0.2, 0.25) is 0 Å². The summed E-state index contributed by atoms with van der Waals surface area (Å²) < 4.78 is 14.6. The second kappa shape index (κ2) is 10.7. The van der Waals surface area contributed by atoms with Crippen LogP contribution >= 0.6 is 11.8 Å². The number of nitrogens with zero attached hydrogens (tertiary/aromatic N) is 4. The molecule has 2 aromatic carbocycles. The summed E-state index contributed by atoms with van der Waals surface area (Å²) in [5, 5.41) is 9.55. The van der Waals surface area contributed by atoms with Crippen molar-refractivity contribution in [2.24, 2.45) is 0 Å². The highest BCUT2D eigenvalue weighted by Crippen LogP contribution is 2.29.